The number of carbonyl (C=O) groups excluding carboxylic acids is 4. The van der Waals surface area contributed by atoms with Crippen LogP contribution in [0.1, 0.15) is 47.2 Å². The largest absolute Gasteiger partial charge is 0.489 e. The molecule has 3 fully saturated rings. The van der Waals surface area contributed by atoms with Gasteiger partial charge in [0.25, 0.3) is 5.91 Å². The first kappa shape index (κ1) is 29.2. The van der Waals surface area contributed by atoms with Crippen molar-refractivity contribution in [3.63, 3.8) is 0 Å². The third-order valence-electron chi connectivity index (χ3n) is 9.02. The van der Waals surface area contributed by atoms with E-state index in [1.54, 1.807) is 25.4 Å². The van der Waals surface area contributed by atoms with E-state index < -0.39 is 17.8 Å². The maximum atomic E-state index is 15.2. The van der Waals surface area contributed by atoms with Gasteiger partial charge in [0, 0.05) is 75.7 Å². The van der Waals surface area contributed by atoms with Gasteiger partial charge in [-0.15, -0.1) is 0 Å². The highest BCUT2D eigenvalue weighted by Crippen LogP contribution is 2.32. The minimum atomic E-state index is -0.677. The average Bonchev–Trinajstić information content (AvgIpc) is 3.70. The highest BCUT2D eigenvalue weighted by molar-refractivity contribution is 6.05. The van der Waals surface area contributed by atoms with E-state index in [1.165, 1.54) is 15.9 Å². The monoisotopic (exact) mass is 616 g/mol. The van der Waals surface area contributed by atoms with Gasteiger partial charge in [-0.2, -0.15) is 0 Å². The van der Waals surface area contributed by atoms with Gasteiger partial charge in [-0.25, -0.2) is 14.4 Å². The number of benzene rings is 2. The maximum Gasteiger partial charge on any atom is 0.255 e. The first-order chi connectivity index (χ1) is 21.8. The summed E-state index contributed by atoms with van der Waals surface area (Å²) in [7, 11) is 1.65. The van der Waals surface area contributed by atoms with Crippen LogP contribution < -0.4 is 15.0 Å². The number of rotatable bonds is 8. The summed E-state index contributed by atoms with van der Waals surface area (Å²) in [4.78, 5) is 63.0. The summed E-state index contributed by atoms with van der Waals surface area (Å²) < 4.78 is 27.2. The molecule has 5 heterocycles. The number of ether oxygens (including phenoxy) is 2. The minimum Gasteiger partial charge on any atom is -0.489 e. The lowest BCUT2D eigenvalue weighted by Gasteiger charge is -2.29. The van der Waals surface area contributed by atoms with Crippen LogP contribution in [0.4, 0.5) is 10.3 Å². The van der Waals surface area contributed by atoms with Crippen LogP contribution in [0.5, 0.6) is 5.75 Å². The Balaban J connectivity index is 1.04. The summed E-state index contributed by atoms with van der Waals surface area (Å²) in [6.45, 7) is 3.03. The van der Waals surface area contributed by atoms with Crippen molar-refractivity contribution in [2.75, 3.05) is 38.3 Å². The number of hydrogen-bond acceptors (Lipinski definition) is 9. The molecule has 0 aliphatic carbocycles. The van der Waals surface area contributed by atoms with Crippen LogP contribution in [-0.4, -0.2) is 88.9 Å². The van der Waals surface area contributed by atoms with Gasteiger partial charge in [0.15, 0.2) is 0 Å². The molecule has 3 atom stereocenters. The molecule has 234 valence electrons. The Morgan fingerprint density at radius 1 is 1.09 bits per heavy atom. The number of hydrogen-bond donors (Lipinski definition) is 1. The molecular weight excluding hydrogens is 583 g/mol. The highest BCUT2D eigenvalue weighted by Gasteiger charge is 2.40. The zero-order valence-corrected chi connectivity index (χ0v) is 24.8. The summed E-state index contributed by atoms with van der Waals surface area (Å²) in [5.74, 6) is -0.610. The number of imide groups is 1. The Morgan fingerprint density at radius 2 is 1.96 bits per heavy atom. The van der Waals surface area contributed by atoms with E-state index in [4.69, 9.17) is 9.47 Å². The van der Waals surface area contributed by atoms with Crippen molar-refractivity contribution < 1.29 is 33.0 Å². The molecule has 0 unspecified atom stereocenters. The van der Waals surface area contributed by atoms with Crippen molar-refractivity contribution in [1.82, 2.24) is 25.1 Å². The average molecular weight is 617 g/mol. The highest BCUT2D eigenvalue weighted by atomic mass is 19.1. The number of nitrogens with one attached hydrogen (secondary N) is 1. The van der Waals surface area contributed by atoms with Crippen molar-refractivity contribution in [1.29, 1.82) is 0 Å². The zero-order chi connectivity index (χ0) is 31.2. The van der Waals surface area contributed by atoms with Crippen LogP contribution in [-0.2, 0) is 32.2 Å². The number of carbonyl (C=O) groups is 4. The third-order valence-corrected chi connectivity index (χ3v) is 9.02. The van der Waals surface area contributed by atoms with Gasteiger partial charge >= 0.3 is 0 Å². The molecule has 7 rings (SSSR count). The third kappa shape index (κ3) is 5.61. The smallest absolute Gasteiger partial charge is 0.255 e. The molecule has 2 aromatic carbocycles. The summed E-state index contributed by atoms with van der Waals surface area (Å²) in [5.41, 5.74) is 2.26. The standard InChI is InChI=1S/C32H33FN6O6/c1-44-17-21-14-37(13-18-9-19-12-34-32(36-29(19)24(33)10-18)38-8-2-3-28(38)41)16-26(21)45-22-4-5-23-20(11-22)15-39(31(23)43)25-6-7-27(40)35-30(25)42/h4-5,9-12,21,25-26H,2-3,6-8,13-17H2,1H3,(H,35,40,42)/t21-,25-,26+/m0/s1. The fraction of sp³-hybridized carbons (Fsp3) is 0.438. The van der Waals surface area contributed by atoms with E-state index >= 15 is 4.39 Å². The Kier molecular flexibility index (Phi) is 7.66. The van der Waals surface area contributed by atoms with Crippen molar-refractivity contribution in [2.45, 2.75) is 50.9 Å². The lowest BCUT2D eigenvalue weighted by atomic mass is 10.0. The quantitative estimate of drug-likeness (QED) is 0.378. The van der Waals surface area contributed by atoms with Gasteiger partial charge in [0.2, 0.25) is 23.7 Å². The van der Waals surface area contributed by atoms with E-state index in [2.05, 4.69) is 20.2 Å². The number of anilines is 1. The van der Waals surface area contributed by atoms with E-state index in [0.717, 1.165) is 17.5 Å². The second-order valence-corrected chi connectivity index (χ2v) is 12.1. The van der Waals surface area contributed by atoms with Gasteiger partial charge in [-0.3, -0.25) is 34.3 Å². The number of nitrogens with zero attached hydrogens (tertiary/aromatic N) is 5. The second kappa shape index (κ2) is 11.8. The Morgan fingerprint density at radius 3 is 2.73 bits per heavy atom. The first-order valence-corrected chi connectivity index (χ1v) is 15.2. The van der Waals surface area contributed by atoms with E-state index in [0.29, 0.717) is 62.3 Å². The zero-order valence-electron chi connectivity index (χ0n) is 24.8. The summed E-state index contributed by atoms with van der Waals surface area (Å²) in [6.07, 6.45) is 3.05. The molecule has 3 aromatic rings. The predicted octanol–water partition coefficient (Wildman–Crippen LogP) is 2.18. The number of amides is 4. The first-order valence-electron chi connectivity index (χ1n) is 15.2. The molecular formula is C32H33FN6O6. The molecule has 0 radical (unpaired) electrons. The van der Waals surface area contributed by atoms with E-state index in [9.17, 15) is 19.2 Å². The lowest BCUT2D eigenvalue weighted by molar-refractivity contribution is -0.137. The van der Waals surface area contributed by atoms with E-state index in [1.807, 2.05) is 12.1 Å². The predicted molar refractivity (Wildman–Crippen MR) is 159 cm³/mol. The fourth-order valence-corrected chi connectivity index (χ4v) is 6.85. The molecule has 0 spiro atoms. The SMILES string of the molecule is COC[C@@H]1CN(Cc2cc(F)c3nc(N4CCCC4=O)ncc3c2)C[C@H]1Oc1ccc2c(c1)CN([C@H]1CCC(=O)NC1=O)C2=O. The van der Waals surface area contributed by atoms with Crippen LogP contribution in [0.2, 0.25) is 0 Å². The number of fused-ring (bicyclic) bond motifs is 2. The summed E-state index contributed by atoms with van der Waals surface area (Å²) in [6, 6.07) is 8.01. The maximum absolute atomic E-state index is 15.2. The molecule has 0 bridgehead atoms. The number of likely N-dealkylation sites (tertiary alicyclic amines) is 1. The molecule has 13 heteroatoms. The van der Waals surface area contributed by atoms with Crippen LogP contribution >= 0.6 is 0 Å². The Bertz CT molecular complexity index is 1720. The van der Waals surface area contributed by atoms with Gasteiger partial charge < -0.3 is 14.4 Å². The van der Waals surface area contributed by atoms with Crippen molar-refractivity contribution >= 4 is 40.5 Å². The van der Waals surface area contributed by atoms with Crippen LogP contribution in [0.25, 0.3) is 10.9 Å². The van der Waals surface area contributed by atoms with Gasteiger partial charge in [0.05, 0.1) is 6.61 Å². The molecule has 1 N–H and O–H groups in total. The second-order valence-electron chi connectivity index (χ2n) is 12.1. The topological polar surface area (TPSA) is 134 Å². The van der Waals surface area contributed by atoms with Crippen molar-refractivity contribution in [3.8, 4) is 5.75 Å². The number of aromatic nitrogens is 2. The van der Waals surface area contributed by atoms with Gasteiger partial charge in [0.1, 0.15) is 29.2 Å². The van der Waals surface area contributed by atoms with Crippen LogP contribution in [0.3, 0.4) is 0 Å². The molecule has 3 saturated heterocycles. The van der Waals surface area contributed by atoms with Gasteiger partial charge in [-0.05, 0) is 54.3 Å². The number of methoxy groups -OCH3 is 1. The van der Waals surface area contributed by atoms with Crippen LogP contribution in [0, 0.1) is 11.7 Å². The summed E-state index contributed by atoms with van der Waals surface area (Å²) in [5, 5.41) is 2.89. The van der Waals surface area contributed by atoms with Crippen molar-refractivity contribution in [3.05, 3.63) is 59.0 Å². The van der Waals surface area contributed by atoms with Gasteiger partial charge in [-0.1, -0.05) is 0 Å². The minimum absolute atomic E-state index is 0.0506. The van der Waals surface area contributed by atoms with Crippen LogP contribution in [0.15, 0.2) is 36.5 Å². The fourth-order valence-electron chi connectivity index (χ4n) is 6.85. The lowest BCUT2D eigenvalue weighted by Crippen LogP contribution is -2.52. The molecule has 4 amide bonds. The Hall–Kier alpha value is -4.49. The molecule has 45 heavy (non-hydrogen) atoms. The number of halogens is 1. The number of piperidine rings is 1. The molecule has 0 saturated carbocycles. The molecule has 1 aromatic heterocycles. The molecule has 12 nitrogen and oxygen atoms in total. The molecule has 4 aliphatic heterocycles. The Labute approximate surface area is 258 Å². The normalized spacial score (nSPS) is 23.7. The van der Waals surface area contributed by atoms with E-state index in [-0.39, 0.29) is 54.2 Å². The molecule has 4 aliphatic rings. The van der Waals surface area contributed by atoms with Crippen molar-refractivity contribution in [2.24, 2.45) is 5.92 Å². The summed E-state index contributed by atoms with van der Waals surface area (Å²) >= 11 is 0.